The van der Waals surface area contributed by atoms with E-state index in [-0.39, 0.29) is 46.7 Å². The van der Waals surface area contributed by atoms with Crippen molar-refractivity contribution in [1.29, 1.82) is 0 Å². The van der Waals surface area contributed by atoms with Crippen molar-refractivity contribution in [2.75, 3.05) is 6.54 Å². The summed E-state index contributed by atoms with van der Waals surface area (Å²) in [6.45, 7) is 2.75. The number of carboxylic acids is 1. The minimum atomic E-state index is -1.43. The monoisotopic (exact) mass is 341 g/mol. The quantitative estimate of drug-likeness (QED) is 0.239. The fraction of sp³-hybridized carbons (Fsp3) is 0.357. The average molecular weight is 341 g/mol. The molecular weight excluding hydrogens is 325 g/mol. The Morgan fingerprint density at radius 3 is 2.46 bits per heavy atom. The predicted octanol–water partition coefficient (Wildman–Crippen LogP) is -2.75. The van der Waals surface area contributed by atoms with Crippen LogP contribution in [0.2, 0.25) is 0 Å². The molecule has 0 aliphatic heterocycles. The summed E-state index contributed by atoms with van der Waals surface area (Å²) in [6, 6.07) is 5.17. The van der Waals surface area contributed by atoms with Crippen molar-refractivity contribution in [3.63, 3.8) is 0 Å². The molecule has 0 aliphatic carbocycles. The third-order valence-corrected chi connectivity index (χ3v) is 2.94. The molecule has 0 bridgehead atoms. The number of amides is 2. The number of aliphatic carboxylic acids is 1. The molecule has 0 unspecified atom stereocenters. The maximum Gasteiger partial charge on any atom is 1.00 e. The molecule has 1 aromatic carbocycles. The van der Waals surface area contributed by atoms with E-state index in [9.17, 15) is 19.5 Å². The van der Waals surface area contributed by atoms with Gasteiger partial charge in [-0.2, -0.15) is 0 Å². The van der Waals surface area contributed by atoms with Gasteiger partial charge in [0.15, 0.2) is 0 Å². The summed E-state index contributed by atoms with van der Waals surface area (Å²) in [7, 11) is 0. The third-order valence-electron chi connectivity index (χ3n) is 2.94. The van der Waals surface area contributed by atoms with Crippen molar-refractivity contribution in [2.45, 2.75) is 19.9 Å². The number of nitrogens with one attached hydrogen (secondary N) is 2. The zero-order chi connectivity index (χ0) is 17.4. The zero-order valence-electron chi connectivity index (χ0n) is 13.6. The van der Waals surface area contributed by atoms with E-state index in [4.69, 9.17) is 5.53 Å². The minimum Gasteiger partial charge on any atom is -0.548 e. The van der Waals surface area contributed by atoms with Crippen molar-refractivity contribution in [2.24, 2.45) is 11.0 Å². The number of azide groups is 1. The second-order valence-electron chi connectivity index (χ2n) is 4.99. The maximum absolute atomic E-state index is 12.3. The zero-order valence-corrected chi connectivity index (χ0v) is 15.6. The van der Waals surface area contributed by atoms with Crippen LogP contribution in [0.25, 0.3) is 10.4 Å². The Bertz CT molecular complexity index is 658. The Balaban J connectivity index is 0.00000529. The van der Waals surface area contributed by atoms with Crippen LogP contribution < -0.4 is 45.3 Å². The first-order valence-corrected chi connectivity index (χ1v) is 6.79. The van der Waals surface area contributed by atoms with Gasteiger partial charge in [0, 0.05) is 10.5 Å². The molecule has 0 saturated heterocycles. The van der Waals surface area contributed by atoms with Gasteiger partial charge in [0.25, 0.3) is 5.91 Å². The molecule has 0 aromatic heterocycles. The molecule has 0 radical (unpaired) electrons. The molecule has 0 saturated carbocycles. The van der Waals surface area contributed by atoms with Gasteiger partial charge in [-0.05, 0) is 17.5 Å². The summed E-state index contributed by atoms with van der Waals surface area (Å²) in [5, 5.41) is 18.5. The van der Waals surface area contributed by atoms with Crippen LogP contribution in [-0.2, 0) is 9.59 Å². The van der Waals surface area contributed by atoms with Gasteiger partial charge in [-0.25, -0.2) is 0 Å². The molecule has 0 heterocycles. The minimum absolute atomic E-state index is 0. The second kappa shape index (κ2) is 10.7. The van der Waals surface area contributed by atoms with E-state index < -0.39 is 30.4 Å². The molecule has 0 spiro atoms. The largest absolute Gasteiger partial charge is 1.00 e. The van der Waals surface area contributed by atoms with E-state index in [1.54, 1.807) is 26.0 Å². The average Bonchev–Trinajstić information content (AvgIpc) is 2.50. The molecule has 2 N–H and O–H groups in total. The number of benzene rings is 1. The number of carbonyl (C=O) groups excluding carboxylic acids is 3. The molecule has 0 fully saturated rings. The van der Waals surface area contributed by atoms with Crippen molar-refractivity contribution >= 4 is 23.5 Å². The Morgan fingerprint density at radius 1 is 1.29 bits per heavy atom. The third kappa shape index (κ3) is 6.59. The topological polar surface area (TPSA) is 147 Å². The first-order chi connectivity index (χ1) is 10.9. The standard InChI is InChI=1S/C14H17N5O4.Na/c1-8(2)12(14(23)16-7-11(20)21)17-13(22)9-5-3-4-6-10(9)18-19-15;/h3-6,8,12H,7H2,1-2H3,(H,16,23)(H,17,22)(H,20,21);/q;+1/p-1/t12-;/m0./s1. The van der Waals surface area contributed by atoms with Gasteiger partial charge >= 0.3 is 29.6 Å². The van der Waals surface area contributed by atoms with Gasteiger partial charge in [0.1, 0.15) is 6.04 Å². The first-order valence-electron chi connectivity index (χ1n) is 6.79. The number of carboxylic acid groups (broad SMARTS) is 1. The predicted molar refractivity (Wildman–Crippen MR) is 79.4 cm³/mol. The van der Waals surface area contributed by atoms with Crippen LogP contribution >= 0.6 is 0 Å². The summed E-state index contributed by atoms with van der Waals surface area (Å²) in [5.74, 6) is -2.96. The van der Waals surface area contributed by atoms with Gasteiger partial charge in [0.2, 0.25) is 5.91 Å². The molecule has 1 rings (SSSR count). The van der Waals surface area contributed by atoms with Crippen LogP contribution in [0.4, 0.5) is 5.69 Å². The number of carbonyl (C=O) groups is 3. The van der Waals surface area contributed by atoms with Crippen molar-refractivity contribution in [1.82, 2.24) is 10.6 Å². The molecule has 1 atom stereocenters. The summed E-state index contributed by atoms with van der Waals surface area (Å²) < 4.78 is 0. The van der Waals surface area contributed by atoms with Crippen LogP contribution in [0.5, 0.6) is 0 Å². The number of hydrogen-bond donors (Lipinski definition) is 2. The first kappa shape index (κ1) is 21.9. The Labute approximate surface area is 160 Å². The van der Waals surface area contributed by atoms with Crippen LogP contribution in [0.3, 0.4) is 0 Å². The van der Waals surface area contributed by atoms with Crippen LogP contribution in [0.1, 0.15) is 24.2 Å². The van der Waals surface area contributed by atoms with Crippen molar-refractivity contribution in [3.05, 3.63) is 40.3 Å². The molecular formula is C14H16N5NaO4. The van der Waals surface area contributed by atoms with E-state index >= 15 is 0 Å². The molecule has 0 aliphatic rings. The Kier molecular flexibility index (Phi) is 9.75. The smallest absolute Gasteiger partial charge is 0.548 e. The van der Waals surface area contributed by atoms with E-state index in [0.29, 0.717) is 0 Å². The van der Waals surface area contributed by atoms with Crippen LogP contribution in [0.15, 0.2) is 29.4 Å². The van der Waals surface area contributed by atoms with Gasteiger partial charge < -0.3 is 20.5 Å². The van der Waals surface area contributed by atoms with Gasteiger partial charge in [-0.3, -0.25) is 9.59 Å². The summed E-state index contributed by atoms with van der Waals surface area (Å²) >= 11 is 0. The summed E-state index contributed by atoms with van der Waals surface area (Å²) in [5.41, 5.74) is 8.75. The van der Waals surface area contributed by atoms with Crippen molar-refractivity contribution in [3.8, 4) is 0 Å². The number of hydrogen-bond acceptors (Lipinski definition) is 5. The molecule has 10 heteroatoms. The normalized spacial score (nSPS) is 10.8. The van der Waals surface area contributed by atoms with E-state index in [1.807, 2.05) is 0 Å². The van der Waals surface area contributed by atoms with Gasteiger partial charge in [-0.1, -0.05) is 37.2 Å². The van der Waals surface area contributed by atoms with E-state index in [1.165, 1.54) is 12.1 Å². The van der Waals surface area contributed by atoms with Crippen LogP contribution in [0, 0.1) is 5.92 Å². The van der Waals surface area contributed by atoms with Crippen LogP contribution in [-0.4, -0.2) is 30.4 Å². The van der Waals surface area contributed by atoms with Crippen molar-refractivity contribution < 1.29 is 49.0 Å². The second-order valence-corrected chi connectivity index (χ2v) is 4.99. The fourth-order valence-corrected chi connectivity index (χ4v) is 1.82. The van der Waals surface area contributed by atoms with Gasteiger partial charge in [-0.15, -0.1) is 0 Å². The number of nitrogens with zero attached hydrogens (tertiary/aromatic N) is 3. The molecule has 9 nitrogen and oxygen atoms in total. The molecule has 122 valence electrons. The number of rotatable bonds is 7. The van der Waals surface area contributed by atoms with Gasteiger partial charge in [0.05, 0.1) is 18.2 Å². The Hall–Kier alpha value is -2.06. The fourth-order valence-electron chi connectivity index (χ4n) is 1.82. The molecule has 2 amide bonds. The SMILES string of the molecule is CC(C)[C@H](NC(=O)c1ccccc1N=[N+]=[N-])C(=O)NCC(=O)[O-].[Na+]. The van der Waals surface area contributed by atoms with E-state index in [0.717, 1.165) is 0 Å². The Morgan fingerprint density at radius 2 is 1.92 bits per heavy atom. The molecule has 1 aromatic rings. The summed E-state index contributed by atoms with van der Waals surface area (Å²) in [6.07, 6.45) is 0. The molecule has 24 heavy (non-hydrogen) atoms. The maximum atomic E-state index is 12.3. The van der Waals surface area contributed by atoms with E-state index in [2.05, 4.69) is 20.7 Å². The summed E-state index contributed by atoms with van der Waals surface area (Å²) in [4.78, 5) is 37.3.